The molecular weight excluding hydrogens is 473 g/mol. The summed E-state index contributed by atoms with van der Waals surface area (Å²) < 4.78 is 16.4. The molecule has 0 aliphatic heterocycles. The van der Waals surface area contributed by atoms with E-state index in [4.69, 9.17) is 5.73 Å². The van der Waals surface area contributed by atoms with Gasteiger partial charge in [0.1, 0.15) is 11.5 Å². The van der Waals surface area contributed by atoms with Crippen LogP contribution in [-0.2, 0) is 6.42 Å². The van der Waals surface area contributed by atoms with Gasteiger partial charge in [0.05, 0.1) is 29.2 Å². The second-order valence-corrected chi connectivity index (χ2v) is 8.84. The molecule has 0 saturated carbocycles. The number of urea groups is 1. The Morgan fingerprint density at radius 3 is 2.54 bits per heavy atom. The maximum absolute atomic E-state index is 15.0. The molecule has 0 bridgehead atoms. The number of amides is 3. The Hall–Kier alpha value is -4.79. The van der Waals surface area contributed by atoms with Crippen LogP contribution in [0.2, 0.25) is 0 Å². The van der Waals surface area contributed by atoms with E-state index in [2.05, 4.69) is 21.8 Å². The van der Waals surface area contributed by atoms with Crippen LogP contribution in [0.1, 0.15) is 50.9 Å². The van der Waals surface area contributed by atoms with Crippen molar-refractivity contribution in [2.45, 2.75) is 25.3 Å². The minimum Gasteiger partial charge on any atom is -0.351 e. The number of aldehydes is 1. The molecule has 9 heteroatoms. The van der Waals surface area contributed by atoms with Crippen molar-refractivity contribution >= 4 is 23.9 Å². The molecule has 3 aromatic carbocycles. The van der Waals surface area contributed by atoms with Crippen LogP contribution in [0.25, 0.3) is 16.8 Å². The Bertz CT molecular complexity index is 1500. The van der Waals surface area contributed by atoms with Crippen LogP contribution in [0.15, 0.2) is 72.9 Å². The zero-order chi connectivity index (χ0) is 25.9. The number of aryl methyl sites for hydroxylation is 1. The first-order valence-corrected chi connectivity index (χ1v) is 11.8. The maximum atomic E-state index is 15.0. The molecule has 1 aromatic heterocycles. The zero-order valence-electron chi connectivity index (χ0n) is 19.8. The van der Waals surface area contributed by atoms with Gasteiger partial charge in [-0.25, -0.2) is 13.9 Å². The molecule has 3 amide bonds. The van der Waals surface area contributed by atoms with Gasteiger partial charge in [0.25, 0.3) is 5.91 Å². The molecule has 4 N–H and O–H groups in total. The van der Waals surface area contributed by atoms with E-state index < -0.39 is 17.8 Å². The van der Waals surface area contributed by atoms with Crippen molar-refractivity contribution in [1.82, 2.24) is 15.1 Å². The number of halogens is 1. The number of nitrogens with one attached hydrogen (secondary N) is 2. The lowest BCUT2D eigenvalue weighted by atomic mass is 9.87. The number of rotatable bonds is 6. The van der Waals surface area contributed by atoms with E-state index in [1.165, 1.54) is 28.6 Å². The largest absolute Gasteiger partial charge is 0.351 e. The molecule has 4 aromatic rings. The van der Waals surface area contributed by atoms with E-state index in [9.17, 15) is 14.4 Å². The van der Waals surface area contributed by atoms with Gasteiger partial charge in [-0.3, -0.25) is 9.59 Å². The lowest BCUT2D eigenvalue weighted by molar-refractivity contribution is 0.0928. The highest BCUT2D eigenvalue weighted by Gasteiger charge is 2.23. The van der Waals surface area contributed by atoms with Crippen molar-refractivity contribution in [1.29, 1.82) is 0 Å². The smallest absolute Gasteiger partial charge is 0.316 e. The van der Waals surface area contributed by atoms with Gasteiger partial charge in [0.2, 0.25) is 0 Å². The van der Waals surface area contributed by atoms with Crippen molar-refractivity contribution in [3.8, 4) is 16.8 Å². The van der Waals surface area contributed by atoms with Gasteiger partial charge < -0.3 is 16.4 Å². The maximum Gasteiger partial charge on any atom is 0.316 e. The summed E-state index contributed by atoms with van der Waals surface area (Å²) >= 11 is 0. The molecule has 0 spiro atoms. The number of carbonyl (C=O) groups is 3. The van der Waals surface area contributed by atoms with Crippen LogP contribution in [0.3, 0.4) is 0 Å². The van der Waals surface area contributed by atoms with Crippen LogP contribution < -0.4 is 16.4 Å². The molecule has 1 aliphatic rings. The summed E-state index contributed by atoms with van der Waals surface area (Å²) in [5.74, 6) is -1.04. The minimum absolute atomic E-state index is 0.00385. The van der Waals surface area contributed by atoms with Crippen molar-refractivity contribution in [3.05, 3.63) is 101 Å². The summed E-state index contributed by atoms with van der Waals surface area (Å²) in [6.45, 7) is 0. The van der Waals surface area contributed by atoms with E-state index >= 15 is 4.39 Å². The fourth-order valence-corrected chi connectivity index (χ4v) is 4.66. The number of aromatic nitrogens is 2. The number of nitrogens with zero attached hydrogens (tertiary/aromatic N) is 2. The predicted octanol–water partition coefficient (Wildman–Crippen LogP) is 4.79. The second-order valence-electron chi connectivity index (χ2n) is 8.84. The quantitative estimate of drug-likeness (QED) is 0.332. The molecule has 5 rings (SSSR count). The monoisotopic (exact) mass is 497 g/mol. The summed E-state index contributed by atoms with van der Waals surface area (Å²) in [5, 5.41) is 9.48. The van der Waals surface area contributed by atoms with E-state index in [-0.39, 0.29) is 23.0 Å². The van der Waals surface area contributed by atoms with Crippen LogP contribution in [0.4, 0.5) is 14.9 Å². The molecule has 8 nitrogen and oxygen atoms in total. The first kappa shape index (κ1) is 23.9. The minimum atomic E-state index is -0.805. The number of benzene rings is 3. The van der Waals surface area contributed by atoms with Gasteiger partial charge in [-0.05, 0) is 65.8 Å². The average Bonchev–Trinajstić information content (AvgIpc) is 3.31. The summed E-state index contributed by atoms with van der Waals surface area (Å²) in [6, 6.07) is 18.6. The number of carbonyl (C=O) groups excluding carboxylic acids is 3. The third-order valence-electron chi connectivity index (χ3n) is 6.47. The van der Waals surface area contributed by atoms with Gasteiger partial charge in [-0.1, -0.05) is 42.5 Å². The zero-order valence-corrected chi connectivity index (χ0v) is 19.8. The summed E-state index contributed by atoms with van der Waals surface area (Å²) in [4.78, 5) is 35.3. The Kier molecular flexibility index (Phi) is 6.51. The molecule has 37 heavy (non-hydrogen) atoms. The standard InChI is InChI=1S/C28H24FN5O3/c29-23-14-19(10-13-22(23)27(36)31-24-7-3-5-18-4-1-2-6-21(18)24)17-8-11-20(12-9-17)34-15-25(32-28(30)37)26(16-35)33-34/h1-2,4,6,8-16,24H,3,5,7H2,(H,31,36)(H3,30,32,37). The highest BCUT2D eigenvalue weighted by molar-refractivity contribution is 5.95. The molecular formula is C28H24FN5O3. The van der Waals surface area contributed by atoms with Crippen LogP contribution in [0, 0.1) is 5.82 Å². The normalized spacial score (nSPS) is 14.5. The second kappa shape index (κ2) is 10.1. The van der Waals surface area contributed by atoms with Gasteiger partial charge in [-0.2, -0.15) is 5.10 Å². The molecule has 1 unspecified atom stereocenters. The average molecular weight is 498 g/mol. The number of nitrogens with two attached hydrogens (primary N) is 1. The van der Waals surface area contributed by atoms with Gasteiger partial charge in [0, 0.05) is 0 Å². The topological polar surface area (TPSA) is 119 Å². The van der Waals surface area contributed by atoms with Gasteiger partial charge >= 0.3 is 6.03 Å². The van der Waals surface area contributed by atoms with Crippen molar-refractivity contribution in [2.75, 3.05) is 5.32 Å². The Morgan fingerprint density at radius 2 is 1.81 bits per heavy atom. The summed E-state index contributed by atoms with van der Waals surface area (Å²) in [5.41, 5.74) is 9.62. The Labute approximate surface area is 212 Å². The van der Waals surface area contributed by atoms with E-state index in [0.29, 0.717) is 17.5 Å². The Morgan fingerprint density at radius 1 is 1.05 bits per heavy atom. The molecule has 0 fully saturated rings. The predicted molar refractivity (Wildman–Crippen MR) is 137 cm³/mol. The van der Waals surface area contributed by atoms with Crippen LogP contribution >= 0.6 is 0 Å². The molecule has 1 heterocycles. The van der Waals surface area contributed by atoms with E-state index in [1.807, 2.05) is 18.2 Å². The molecule has 0 saturated heterocycles. The fraction of sp³-hybridized carbons (Fsp3) is 0.143. The number of hydrogen-bond donors (Lipinski definition) is 3. The highest BCUT2D eigenvalue weighted by atomic mass is 19.1. The van der Waals surface area contributed by atoms with Gasteiger partial charge in [-0.15, -0.1) is 0 Å². The fourth-order valence-electron chi connectivity index (χ4n) is 4.66. The molecule has 0 radical (unpaired) electrons. The first-order valence-electron chi connectivity index (χ1n) is 11.8. The van der Waals surface area contributed by atoms with E-state index in [1.54, 1.807) is 30.3 Å². The van der Waals surface area contributed by atoms with E-state index in [0.717, 1.165) is 30.4 Å². The number of anilines is 1. The van der Waals surface area contributed by atoms with Crippen molar-refractivity contribution in [2.24, 2.45) is 5.73 Å². The lowest BCUT2D eigenvalue weighted by Gasteiger charge is -2.26. The Balaban J connectivity index is 1.33. The molecule has 1 aliphatic carbocycles. The number of fused-ring (bicyclic) bond motifs is 1. The lowest BCUT2D eigenvalue weighted by Crippen LogP contribution is -2.31. The van der Waals surface area contributed by atoms with Crippen LogP contribution in [-0.4, -0.2) is 28.0 Å². The summed E-state index contributed by atoms with van der Waals surface area (Å²) in [6.07, 6.45) is 4.76. The SMILES string of the molecule is NC(=O)Nc1cn(-c2ccc(-c3ccc(C(=O)NC4CCCc5ccccc54)c(F)c3)cc2)nc1C=O. The van der Waals surface area contributed by atoms with Crippen molar-refractivity contribution < 1.29 is 18.8 Å². The molecule has 1 atom stereocenters. The number of hydrogen-bond acceptors (Lipinski definition) is 4. The summed E-state index contributed by atoms with van der Waals surface area (Å²) in [7, 11) is 0. The third kappa shape index (κ3) is 4.97. The van der Waals surface area contributed by atoms with Crippen molar-refractivity contribution in [3.63, 3.8) is 0 Å². The molecule has 186 valence electrons. The van der Waals surface area contributed by atoms with Crippen LogP contribution in [0.5, 0.6) is 0 Å². The highest BCUT2D eigenvalue weighted by Crippen LogP contribution is 2.30. The third-order valence-corrected chi connectivity index (χ3v) is 6.47. The number of primary amides is 1. The first-order chi connectivity index (χ1) is 17.9. The van der Waals surface area contributed by atoms with Gasteiger partial charge in [0.15, 0.2) is 6.29 Å².